The van der Waals surface area contributed by atoms with E-state index >= 15 is 0 Å². The molecule has 0 aromatic carbocycles. The van der Waals surface area contributed by atoms with Gasteiger partial charge in [-0.25, -0.2) is 0 Å². The van der Waals surface area contributed by atoms with Crippen molar-refractivity contribution in [2.24, 2.45) is 11.8 Å². The van der Waals surface area contributed by atoms with Crippen LogP contribution in [0.5, 0.6) is 0 Å². The lowest BCUT2D eigenvalue weighted by Crippen LogP contribution is -2.57. The van der Waals surface area contributed by atoms with Gasteiger partial charge in [0.05, 0.1) is 35.8 Å². The smallest absolute Gasteiger partial charge is 0.310 e. The summed E-state index contributed by atoms with van der Waals surface area (Å²) in [6.45, 7) is 10.4. The normalized spacial score (nSPS) is 34.5. The van der Waals surface area contributed by atoms with Gasteiger partial charge in [-0.3, -0.25) is 14.4 Å². The van der Waals surface area contributed by atoms with E-state index in [9.17, 15) is 19.5 Å². The first-order valence-corrected chi connectivity index (χ1v) is 12.9. The fourth-order valence-electron chi connectivity index (χ4n) is 5.39. The molecule has 0 aromatic heterocycles. The molecule has 31 heavy (non-hydrogen) atoms. The number of aliphatic hydroxyl groups is 1. The predicted molar refractivity (Wildman–Crippen MR) is 124 cm³/mol. The number of unbranched alkanes of at least 4 members (excludes halogenated alkanes) is 1. The third-order valence-electron chi connectivity index (χ3n) is 6.70. The Morgan fingerprint density at radius 2 is 2.19 bits per heavy atom. The van der Waals surface area contributed by atoms with E-state index in [0.29, 0.717) is 19.5 Å². The Kier molecular flexibility index (Phi) is 7.79. The average Bonchev–Trinajstić information content (AvgIpc) is 3.33. The summed E-state index contributed by atoms with van der Waals surface area (Å²) in [5.41, 5.74) is 0. The van der Waals surface area contributed by atoms with E-state index in [-0.39, 0.29) is 41.1 Å². The summed E-state index contributed by atoms with van der Waals surface area (Å²) in [5, 5.41) is 9.78. The number of ether oxygens (including phenoxy) is 1. The summed E-state index contributed by atoms with van der Waals surface area (Å²) in [6, 6.07) is -1.24. The summed E-state index contributed by atoms with van der Waals surface area (Å²) >= 11 is 5.30. The van der Waals surface area contributed by atoms with Crippen molar-refractivity contribution in [1.29, 1.82) is 0 Å². The molecular formula is C22H33BrN2O5S. The molecule has 3 rings (SSSR count). The zero-order valence-corrected chi connectivity index (χ0v) is 20.9. The molecule has 9 heteroatoms. The third-order valence-corrected chi connectivity index (χ3v) is 9.92. The zero-order valence-electron chi connectivity index (χ0n) is 18.5. The highest BCUT2D eigenvalue weighted by molar-refractivity contribution is 9.09. The monoisotopic (exact) mass is 516 g/mol. The van der Waals surface area contributed by atoms with Gasteiger partial charge < -0.3 is 19.6 Å². The van der Waals surface area contributed by atoms with Crippen LogP contribution in [0.4, 0.5) is 0 Å². The van der Waals surface area contributed by atoms with E-state index in [1.807, 2.05) is 0 Å². The number of halogens is 1. The number of amides is 2. The van der Waals surface area contributed by atoms with E-state index in [4.69, 9.17) is 4.74 Å². The number of likely N-dealkylation sites (tertiary alicyclic amines) is 1. The lowest BCUT2D eigenvalue weighted by molar-refractivity contribution is -0.154. The molecule has 3 aliphatic heterocycles. The lowest BCUT2D eigenvalue weighted by Gasteiger charge is -2.39. The molecule has 1 spiro atoms. The van der Waals surface area contributed by atoms with Crippen molar-refractivity contribution in [3.63, 3.8) is 0 Å². The van der Waals surface area contributed by atoms with Gasteiger partial charge in [-0.05, 0) is 26.7 Å². The Labute approximate surface area is 197 Å². The molecule has 174 valence electrons. The molecule has 7 atom stereocenters. The molecule has 0 saturated carbocycles. The van der Waals surface area contributed by atoms with Crippen molar-refractivity contribution in [3.05, 3.63) is 12.7 Å². The number of carbonyl (C=O) groups is 3. The van der Waals surface area contributed by atoms with Crippen LogP contribution in [0.25, 0.3) is 0 Å². The molecule has 1 N–H and O–H groups in total. The molecule has 3 unspecified atom stereocenters. The first kappa shape index (κ1) is 24.6. The Bertz CT molecular complexity index is 737. The molecule has 2 amide bonds. The first-order valence-electron chi connectivity index (χ1n) is 11.1. The average molecular weight is 517 g/mol. The third kappa shape index (κ3) is 3.95. The number of carbonyl (C=O) groups excluding carboxylic acids is 3. The van der Waals surface area contributed by atoms with E-state index in [1.54, 1.807) is 41.5 Å². The van der Waals surface area contributed by atoms with Gasteiger partial charge in [-0.15, -0.1) is 18.3 Å². The van der Waals surface area contributed by atoms with Crippen LogP contribution in [0, 0.1) is 11.8 Å². The quantitative estimate of drug-likeness (QED) is 0.272. The fourth-order valence-corrected chi connectivity index (χ4v) is 8.97. The largest absolute Gasteiger partial charge is 0.466 e. The number of alkyl halides is 1. The van der Waals surface area contributed by atoms with Crippen molar-refractivity contribution in [3.8, 4) is 0 Å². The first-order chi connectivity index (χ1) is 14.8. The number of fused-ring (bicyclic) bond motifs is 1. The Morgan fingerprint density at radius 3 is 2.77 bits per heavy atom. The molecule has 3 aliphatic rings. The summed E-state index contributed by atoms with van der Waals surface area (Å²) in [5.74, 6) is -1.92. The van der Waals surface area contributed by atoms with Crippen molar-refractivity contribution >= 4 is 45.5 Å². The molecule has 7 nitrogen and oxygen atoms in total. The van der Waals surface area contributed by atoms with Crippen LogP contribution < -0.4 is 0 Å². The number of hydrogen-bond acceptors (Lipinski definition) is 6. The second-order valence-corrected chi connectivity index (χ2v) is 11.3. The summed E-state index contributed by atoms with van der Waals surface area (Å²) in [6.07, 6.45) is 4.12. The summed E-state index contributed by atoms with van der Waals surface area (Å²) in [4.78, 5) is 43.8. The number of rotatable bonds is 10. The minimum atomic E-state index is -0.724. The number of esters is 1. The van der Waals surface area contributed by atoms with Crippen molar-refractivity contribution in [2.75, 3.05) is 26.3 Å². The van der Waals surface area contributed by atoms with Gasteiger partial charge in [0.1, 0.15) is 6.04 Å². The highest BCUT2D eigenvalue weighted by atomic mass is 79.9. The van der Waals surface area contributed by atoms with Gasteiger partial charge in [-0.2, -0.15) is 0 Å². The Morgan fingerprint density at radius 1 is 1.48 bits per heavy atom. The minimum absolute atomic E-state index is 0.0131. The van der Waals surface area contributed by atoms with E-state index in [0.717, 1.165) is 12.8 Å². The molecule has 0 aromatic rings. The van der Waals surface area contributed by atoms with Crippen LogP contribution in [-0.2, 0) is 19.1 Å². The minimum Gasteiger partial charge on any atom is -0.466 e. The molecule has 3 saturated heterocycles. The highest BCUT2D eigenvalue weighted by Crippen LogP contribution is 2.68. The van der Waals surface area contributed by atoms with Gasteiger partial charge in [0.25, 0.3) is 0 Å². The van der Waals surface area contributed by atoms with Gasteiger partial charge in [0, 0.05) is 23.2 Å². The SMILES string of the molecule is C=CCN(CCCC)C(=O)C1N([C@H](C)CO)C(=O)[C@@H]2[C@@H](C(=O)OCC)[C@@H]3SC12CC3Br. The predicted octanol–water partition coefficient (Wildman–Crippen LogP) is 2.21. The van der Waals surface area contributed by atoms with Crippen molar-refractivity contribution in [1.82, 2.24) is 9.80 Å². The number of nitrogens with zero attached hydrogens (tertiary/aromatic N) is 2. The van der Waals surface area contributed by atoms with E-state index in [1.165, 1.54) is 0 Å². The van der Waals surface area contributed by atoms with Crippen molar-refractivity contribution in [2.45, 2.75) is 66.9 Å². The Balaban J connectivity index is 2.06. The number of thioether (sulfide) groups is 1. The second-order valence-electron chi connectivity index (χ2n) is 8.62. The molecule has 2 bridgehead atoms. The Hall–Kier alpha value is -1.06. The molecule has 0 aliphatic carbocycles. The maximum absolute atomic E-state index is 13.9. The molecular weight excluding hydrogens is 484 g/mol. The van der Waals surface area contributed by atoms with Crippen LogP contribution in [0.2, 0.25) is 0 Å². The zero-order chi connectivity index (χ0) is 22.9. The van der Waals surface area contributed by atoms with Crippen LogP contribution >= 0.6 is 27.7 Å². The molecule has 3 heterocycles. The fraction of sp³-hybridized carbons (Fsp3) is 0.773. The molecule has 3 fully saturated rings. The topological polar surface area (TPSA) is 87.2 Å². The van der Waals surface area contributed by atoms with E-state index in [2.05, 4.69) is 29.4 Å². The van der Waals surface area contributed by atoms with Crippen LogP contribution in [0.3, 0.4) is 0 Å². The standard InChI is InChI=1S/C22H33BrN2O5S/c1-5-8-10-24(9-6-2)20(28)18-22-11-14(23)17(31-22)15(21(29)30-7-3)16(22)19(27)25(18)13(4)12-26/h6,13-18,26H,2,5,7-12H2,1,3-4H3/t13-,14?,15-,16+,17-,18?,22?/m1/s1. The van der Waals surface area contributed by atoms with Gasteiger partial charge in [0.2, 0.25) is 11.8 Å². The number of hydrogen-bond donors (Lipinski definition) is 1. The highest BCUT2D eigenvalue weighted by Gasteiger charge is 2.76. The molecule has 0 radical (unpaired) electrons. The summed E-state index contributed by atoms with van der Waals surface area (Å²) in [7, 11) is 0. The number of aliphatic hydroxyl groups excluding tert-OH is 1. The summed E-state index contributed by atoms with van der Waals surface area (Å²) < 4.78 is 4.63. The van der Waals surface area contributed by atoms with Crippen LogP contribution in [0.15, 0.2) is 12.7 Å². The second kappa shape index (κ2) is 9.83. The van der Waals surface area contributed by atoms with Crippen LogP contribution in [-0.4, -0.2) is 85.9 Å². The lowest BCUT2D eigenvalue weighted by atomic mass is 9.71. The van der Waals surface area contributed by atoms with Gasteiger partial charge in [0.15, 0.2) is 0 Å². The maximum atomic E-state index is 13.9. The maximum Gasteiger partial charge on any atom is 0.310 e. The van der Waals surface area contributed by atoms with E-state index < -0.39 is 28.7 Å². The van der Waals surface area contributed by atoms with Gasteiger partial charge in [-0.1, -0.05) is 35.4 Å². The van der Waals surface area contributed by atoms with Gasteiger partial charge >= 0.3 is 5.97 Å². The van der Waals surface area contributed by atoms with Crippen LogP contribution in [0.1, 0.15) is 40.0 Å². The van der Waals surface area contributed by atoms with Crippen molar-refractivity contribution < 1.29 is 24.2 Å².